The van der Waals surface area contributed by atoms with Crippen molar-refractivity contribution in [3.8, 4) is 11.3 Å². The zero-order valence-electron chi connectivity index (χ0n) is 11.3. The Bertz CT molecular complexity index is 602. The lowest BCUT2D eigenvalue weighted by Gasteiger charge is -2.19. The number of hydrogen-bond acceptors (Lipinski definition) is 5. The molecule has 0 aliphatic carbocycles. The van der Waals surface area contributed by atoms with Crippen LogP contribution in [0.25, 0.3) is 11.3 Å². The van der Waals surface area contributed by atoms with E-state index in [1.807, 2.05) is 24.3 Å². The fourth-order valence-electron chi connectivity index (χ4n) is 1.47. The predicted octanol–water partition coefficient (Wildman–Crippen LogP) is 3.85. The van der Waals surface area contributed by atoms with Crippen molar-refractivity contribution in [2.24, 2.45) is 0 Å². The van der Waals surface area contributed by atoms with Crippen molar-refractivity contribution in [2.45, 2.75) is 26.4 Å². The molecule has 0 unspecified atom stereocenters. The second-order valence-electron chi connectivity index (χ2n) is 5.10. The molecule has 0 saturated carbocycles. The number of rotatable bonds is 2. The maximum Gasteiger partial charge on any atom is 0.413 e. The van der Waals surface area contributed by atoms with Gasteiger partial charge in [-0.2, -0.15) is 0 Å². The number of nitrogens with zero attached hydrogens (tertiary/aromatic N) is 2. The largest absolute Gasteiger partial charge is 0.444 e. The molecule has 0 fully saturated rings. The van der Waals surface area contributed by atoms with Gasteiger partial charge in [0.1, 0.15) is 5.60 Å². The number of nitrogens with one attached hydrogen (secondary N) is 1. The first-order valence-corrected chi connectivity index (χ1v) is 6.73. The Kier molecular flexibility index (Phi) is 4.08. The summed E-state index contributed by atoms with van der Waals surface area (Å²) in [7, 11) is 0. The van der Waals surface area contributed by atoms with E-state index in [4.69, 9.17) is 4.74 Å². The molecule has 1 aromatic carbocycles. The molecule has 2 rings (SSSR count). The average Bonchev–Trinajstić information content (AvgIpc) is 2.75. The van der Waals surface area contributed by atoms with Crippen LogP contribution in [-0.4, -0.2) is 22.0 Å². The van der Waals surface area contributed by atoms with Crippen LogP contribution < -0.4 is 5.32 Å². The van der Waals surface area contributed by atoms with Crippen molar-refractivity contribution in [1.29, 1.82) is 0 Å². The molecule has 1 aromatic heterocycles. The molecule has 1 amide bonds. The molecule has 2 aromatic rings. The highest BCUT2D eigenvalue weighted by Crippen LogP contribution is 2.26. The molecule has 106 valence electrons. The summed E-state index contributed by atoms with van der Waals surface area (Å²) in [5, 5.41) is 9.99. The van der Waals surface area contributed by atoms with Crippen molar-refractivity contribution in [3.63, 3.8) is 0 Å². The number of ether oxygens (including phenoxy) is 1. The van der Waals surface area contributed by atoms with Gasteiger partial charge in [-0.3, -0.25) is 5.32 Å². The first-order valence-electron chi connectivity index (χ1n) is 5.94. The topological polar surface area (TPSA) is 77.2 Å². The number of hydrogen-bond donors (Lipinski definition) is 1. The highest BCUT2D eigenvalue weighted by Gasteiger charge is 2.20. The number of amides is 1. The Hall–Kier alpha value is -1.89. The summed E-state index contributed by atoms with van der Waals surface area (Å²) in [6, 6.07) is 7.40. The van der Waals surface area contributed by atoms with Crippen LogP contribution in [0.3, 0.4) is 0 Å². The van der Waals surface area contributed by atoms with Gasteiger partial charge in [-0.15, -0.1) is 0 Å². The summed E-state index contributed by atoms with van der Waals surface area (Å²) in [6.45, 7) is 5.34. The summed E-state index contributed by atoms with van der Waals surface area (Å²) in [4.78, 5) is 11.7. The summed E-state index contributed by atoms with van der Waals surface area (Å²) in [5.74, 6) is 0.224. The average molecular weight is 340 g/mol. The molecule has 0 spiro atoms. The summed E-state index contributed by atoms with van der Waals surface area (Å²) >= 11 is 3.35. The van der Waals surface area contributed by atoms with Gasteiger partial charge in [0, 0.05) is 10.0 Å². The molecule has 0 bridgehead atoms. The van der Waals surface area contributed by atoms with Crippen LogP contribution in [0.1, 0.15) is 20.8 Å². The lowest BCUT2D eigenvalue weighted by atomic mass is 10.1. The standard InChI is InChI=1S/C13H14BrN3O3/c1-13(2,3)19-12(18)15-11-10(16-20-17-11)8-4-6-9(14)7-5-8/h4-7H,1-3H3,(H,15,17,18). The third kappa shape index (κ3) is 3.80. The fraction of sp³-hybridized carbons (Fsp3) is 0.308. The highest BCUT2D eigenvalue weighted by atomic mass is 79.9. The van der Waals surface area contributed by atoms with Gasteiger partial charge in [0.25, 0.3) is 0 Å². The third-order valence-corrected chi connectivity index (χ3v) is 2.75. The molecule has 20 heavy (non-hydrogen) atoms. The van der Waals surface area contributed by atoms with Gasteiger partial charge in [-0.25, -0.2) is 9.42 Å². The zero-order chi connectivity index (χ0) is 14.8. The van der Waals surface area contributed by atoms with E-state index in [1.165, 1.54) is 0 Å². The monoisotopic (exact) mass is 339 g/mol. The number of aromatic nitrogens is 2. The van der Waals surface area contributed by atoms with Crippen LogP contribution in [-0.2, 0) is 4.74 Å². The Labute approximate surface area is 124 Å². The van der Waals surface area contributed by atoms with E-state index in [0.717, 1.165) is 10.0 Å². The molecule has 6 nitrogen and oxygen atoms in total. The molecule has 7 heteroatoms. The molecule has 1 heterocycles. The summed E-state index contributed by atoms with van der Waals surface area (Å²) in [5.41, 5.74) is 0.641. The SMILES string of the molecule is CC(C)(C)OC(=O)Nc1nonc1-c1ccc(Br)cc1. The lowest BCUT2D eigenvalue weighted by molar-refractivity contribution is 0.0634. The van der Waals surface area contributed by atoms with Crippen LogP contribution in [0.5, 0.6) is 0 Å². The number of anilines is 1. The first-order chi connectivity index (χ1) is 9.35. The molecular weight excluding hydrogens is 326 g/mol. The second-order valence-corrected chi connectivity index (χ2v) is 6.01. The normalized spacial score (nSPS) is 11.2. The Balaban J connectivity index is 2.17. The van der Waals surface area contributed by atoms with Crippen molar-refractivity contribution in [2.75, 3.05) is 5.32 Å². The van der Waals surface area contributed by atoms with Gasteiger partial charge in [-0.05, 0) is 43.2 Å². The van der Waals surface area contributed by atoms with E-state index in [-0.39, 0.29) is 5.82 Å². The molecule has 0 radical (unpaired) electrons. The maximum atomic E-state index is 11.7. The zero-order valence-corrected chi connectivity index (χ0v) is 12.9. The van der Waals surface area contributed by atoms with Crippen LogP contribution in [0.4, 0.5) is 10.6 Å². The number of carbonyl (C=O) groups excluding carboxylic acids is 1. The quantitative estimate of drug-likeness (QED) is 0.899. The smallest absolute Gasteiger partial charge is 0.413 e. The van der Waals surface area contributed by atoms with Gasteiger partial charge < -0.3 is 4.74 Å². The van der Waals surface area contributed by atoms with Crippen molar-refractivity contribution >= 4 is 27.8 Å². The van der Waals surface area contributed by atoms with E-state index >= 15 is 0 Å². The van der Waals surface area contributed by atoms with Crippen molar-refractivity contribution in [1.82, 2.24) is 10.3 Å². The van der Waals surface area contributed by atoms with Crippen LogP contribution >= 0.6 is 15.9 Å². The van der Waals surface area contributed by atoms with Crippen LogP contribution in [0.2, 0.25) is 0 Å². The lowest BCUT2D eigenvalue weighted by Crippen LogP contribution is -2.27. The molecule has 0 aliphatic heterocycles. The minimum absolute atomic E-state index is 0.224. The first kappa shape index (κ1) is 14.5. The third-order valence-electron chi connectivity index (χ3n) is 2.23. The summed E-state index contributed by atoms with van der Waals surface area (Å²) < 4.78 is 10.8. The van der Waals surface area contributed by atoms with Crippen LogP contribution in [0.15, 0.2) is 33.4 Å². The molecular formula is C13H14BrN3O3. The minimum Gasteiger partial charge on any atom is -0.444 e. The molecule has 0 atom stereocenters. The predicted molar refractivity (Wildman–Crippen MR) is 77.3 cm³/mol. The Morgan fingerprint density at radius 2 is 1.90 bits per heavy atom. The fourth-order valence-corrected chi connectivity index (χ4v) is 1.73. The maximum absolute atomic E-state index is 11.7. The van der Waals surface area contributed by atoms with Crippen LogP contribution in [0, 0.1) is 0 Å². The van der Waals surface area contributed by atoms with Crippen molar-refractivity contribution in [3.05, 3.63) is 28.7 Å². The van der Waals surface area contributed by atoms with E-state index in [2.05, 4.69) is 36.2 Å². The molecule has 1 N–H and O–H groups in total. The van der Waals surface area contributed by atoms with E-state index in [1.54, 1.807) is 20.8 Å². The Morgan fingerprint density at radius 1 is 1.25 bits per heavy atom. The minimum atomic E-state index is -0.605. The molecule has 0 saturated heterocycles. The van der Waals surface area contributed by atoms with E-state index < -0.39 is 11.7 Å². The van der Waals surface area contributed by atoms with Gasteiger partial charge in [0.15, 0.2) is 5.69 Å². The van der Waals surface area contributed by atoms with Crippen molar-refractivity contribution < 1.29 is 14.2 Å². The summed E-state index contributed by atoms with van der Waals surface area (Å²) in [6.07, 6.45) is -0.605. The van der Waals surface area contributed by atoms with E-state index in [0.29, 0.717) is 5.69 Å². The molecule has 0 aliphatic rings. The Morgan fingerprint density at radius 3 is 2.50 bits per heavy atom. The van der Waals surface area contributed by atoms with Gasteiger partial charge in [0.2, 0.25) is 5.82 Å². The number of carbonyl (C=O) groups is 1. The number of benzene rings is 1. The second kappa shape index (κ2) is 5.62. The number of halogens is 1. The van der Waals surface area contributed by atoms with E-state index in [9.17, 15) is 4.79 Å². The van der Waals surface area contributed by atoms with Gasteiger partial charge >= 0.3 is 6.09 Å². The van der Waals surface area contributed by atoms with Gasteiger partial charge in [-0.1, -0.05) is 28.1 Å². The van der Waals surface area contributed by atoms with Gasteiger partial charge in [0.05, 0.1) is 0 Å². The highest BCUT2D eigenvalue weighted by molar-refractivity contribution is 9.10.